The van der Waals surface area contributed by atoms with Crippen molar-refractivity contribution in [3.8, 4) is 5.75 Å². The van der Waals surface area contributed by atoms with Gasteiger partial charge in [-0.3, -0.25) is 9.69 Å². The molecule has 3 aromatic rings. The van der Waals surface area contributed by atoms with Gasteiger partial charge < -0.3 is 15.0 Å². The first-order valence-electron chi connectivity index (χ1n) is 10.1. The molecular weight excluding hydrogens is 416 g/mol. The fourth-order valence-electron chi connectivity index (χ4n) is 3.44. The molecule has 0 atom stereocenters. The van der Waals surface area contributed by atoms with Gasteiger partial charge in [-0.25, -0.2) is 4.98 Å². The third-order valence-corrected chi connectivity index (χ3v) is 7.19. The Morgan fingerprint density at radius 1 is 1.13 bits per heavy atom. The van der Waals surface area contributed by atoms with Crippen LogP contribution >= 0.6 is 23.1 Å². The molecule has 4 rings (SSSR count). The van der Waals surface area contributed by atoms with Gasteiger partial charge in [0.25, 0.3) is 0 Å². The lowest BCUT2D eigenvalue weighted by Gasteiger charge is -2.34. The highest BCUT2D eigenvalue weighted by Gasteiger charge is 2.20. The van der Waals surface area contributed by atoms with Crippen molar-refractivity contribution in [2.45, 2.75) is 4.90 Å². The number of carbonyl (C=O) groups excluding carboxylic acids is 1. The number of piperazine rings is 1. The second-order valence-corrected chi connectivity index (χ2v) is 9.14. The van der Waals surface area contributed by atoms with E-state index in [4.69, 9.17) is 9.72 Å². The topological polar surface area (TPSA) is 57.7 Å². The third-order valence-electron chi connectivity index (χ3n) is 5.10. The Kier molecular flexibility index (Phi) is 7.09. The minimum Gasteiger partial charge on any atom is -0.494 e. The summed E-state index contributed by atoms with van der Waals surface area (Å²) >= 11 is 3.29. The summed E-state index contributed by atoms with van der Waals surface area (Å²) in [6.45, 7) is 5.40. The lowest BCUT2D eigenvalue weighted by atomic mass is 10.3. The third kappa shape index (κ3) is 5.24. The summed E-state index contributed by atoms with van der Waals surface area (Å²) in [5.74, 6) is 1.37. The monoisotopic (exact) mass is 442 g/mol. The predicted octanol–water partition coefficient (Wildman–Crippen LogP) is 3.34. The van der Waals surface area contributed by atoms with Gasteiger partial charge in [0.1, 0.15) is 11.3 Å². The predicted molar refractivity (Wildman–Crippen MR) is 125 cm³/mol. The number of thioether (sulfide) groups is 1. The van der Waals surface area contributed by atoms with E-state index in [1.165, 1.54) is 0 Å². The van der Waals surface area contributed by atoms with Crippen LogP contribution in [0.25, 0.3) is 10.2 Å². The van der Waals surface area contributed by atoms with Crippen LogP contribution in [0.4, 0.5) is 5.13 Å². The molecule has 0 bridgehead atoms. The molecule has 2 heterocycles. The van der Waals surface area contributed by atoms with E-state index in [1.54, 1.807) is 30.2 Å². The summed E-state index contributed by atoms with van der Waals surface area (Å²) < 4.78 is 6.59. The van der Waals surface area contributed by atoms with Crippen LogP contribution in [-0.2, 0) is 4.79 Å². The van der Waals surface area contributed by atoms with Gasteiger partial charge in [-0.1, -0.05) is 35.6 Å². The number of ether oxygens (including phenoxy) is 1. The highest BCUT2D eigenvalue weighted by Crippen LogP contribution is 2.34. The first-order chi connectivity index (χ1) is 14.7. The van der Waals surface area contributed by atoms with Gasteiger partial charge in [0, 0.05) is 44.2 Å². The maximum absolute atomic E-state index is 12.1. The van der Waals surface area contributed by atoms with Crippen LogP contribution < -0.4 is 15.0 Å². The molecule has 1 aliphatic rings. The van der Waals surface area contributed by atoms with E-state index < -0.39 is 0 Å². The first kappa shape index (κ1) is 21.0. The molecule has 1 N–H and O–H groups in total. The van der Waals surface area contributed by atoms with Gasteiger partial charge in [0.05, 0.1) is 17.6 Å². The van der Waals surface area contributed by atoms with E-state index in [1.807, 2.05) is 42.5 Å². The van der Waals surface area contributed by atoms with E-state index in [-0.39, 0.29) is 5.91 Å². The molecule has 1 saturated heterocycles. The van der Waals surface area contributed by atoms with Gasteiger partial charge in [0.15, 0.2) is 5.13 Å². The number of nitrogens with zero attached hydrogens (tertiary/aromatic N) is 3. The summed E-state index contributed by atoms with van der Waals surface area (Å²) in [5, 5.41) is 4.09. The number of anilines is 1. The van der Waals surface area contributed by atoms with Crippen LogP contribution in [0.15, 0.2) is 53.4 Å². The van der Waals surface area contributed by atoms with Gasteiger partial charge in [-0.2, -0.15) is 0 Å². The van der Waals surface area contributed by atoms with E-state index in [0.29, 0.717) is 12.3 Å². The van der Waals surface area contributed by atoms with Gasteiger partial charge >= 0.3 is 0 Å². The lowest BCUT2D eigenvalue weighted by Crippen LogP contribution is -2.48. The van der Waals surface area contributed by atoms with Crippen molar-refractivity contribution in [3.05, 3.63) is 48.5 Å². The SMILES string of the molecule is COc1cccc2sc(N3CCN(CCNC(=O)CSc4ccccc4)CC3)nc12. The Morgan fingerprint density at radius 3 is 2.70 bits per heavy atom. The number of thiazole rings is 1. The largest absolute Gasteiger partial charge is 0.494 e. The number of benzene rings is 2. The molecule has 0 saturated carbocycles. The van der Waals surface area contributed by atoms with E-state index in [9.17, 15) is 4.79 Å². The summed E-state index contributed by atoms with van der Waals surface area (Å²) in [6.07, 6.45) is 0. The zero-order valence-electron chi connectivity index (χ0n) is 17.0. The Hall–Kier alpha value is -2.29. The molecule has 1 aliphatic heterocycles. The summed E-state index contributed by atoms with van der Waals surface area (Å²) in [6, 6.07) is 16.1. The summed E-state index contributed by atoms with van der Waals surface area (Å²) in [4.78, 5) is 22.7. The van der Waals surface area contributed by atoms with Crippen molar-refractivity contribution in [1.29, 1.82) is 0 Å². The van der Waals surface area contributed by atoms with Gasteiger partial charge in [0.2, 0.25) is 5.91 Å². The summed E-state index contributed by atoms with van der Waals surface area (Å²) in [7, 11) is 1.69. The second kappa shape index (κ2) is 10.1. The van der Waals surface area contributed by atoms with Crippen molar-refractivity contribution >= 4 is 44.4 Å². The molecule has 0 radical (unpaired) electrons. The number of amides is 1. The Labute approximate surface area is 185 Å². The van der Waals surface area contributed by atoms with Gasteiger partial charge in [-0.05, 0) is 24.3 Å². The van der Waals surface area contributed by atoms with Crippen LogP contribution in [0.5, 0.6) is 5.75 Å². The molecule has 0 unspecified atom stereocenters. The molecule has 1 aromatic heterocycles. The second-order valence-electron chi connectivity index (χ2n) is 7.08. The number of aromatic nitrogens is 1. The van der Waals surface area contributed by atoms with Crippen molar-refractivity contribution in [1.82, 2.24) is 15.2 Å². The average Bonchev–Trinajstić information content (AvgIpc) is 3.23. The number of methoxy groups -OCH3 is 1. The zero-order valence-corrected chi connectivity index (χ0v) is 18.7. The molecule has 1 amide bonds. The molecule has 2 aromatic carbocycles. The molecule has 158 valence electrons. The normalized spacial score (nSPS) is 14.8. The quantitative estimate of drug-likeness (QED) is 0.540. The van der Waals surface area contributed by atoms with E-state index in [2.05, 4.69) is 21.2 Å². The Morgan fingerprint density at radius 2 is 1.93 bits per heavy atom. The minimum absolute atomic E-state index is 0.0888. The van der Waals surface area contributed by atoms with Crippen molar-refractivity contribution < 1.29 is 9.53 Å². The fourth-order valence-corrected chi connectivity index (χ4v) is 5.23. The van der Waals surface area contributed by atoms with Crippen molar-refractivity contribution in [3.63, 3.8) is 0 Å². The molecule has 1 fully saturated rings. The standard InChI is InChI=1S/C22H26N4O2S2/c1-28-18-8-5-9-19-21(18)24-22(30-19)26-14-12-25(13-15-26)11-10-23-20(27)16-29-17-6-3-2-4-7-17/h2-9H,10-16H2,1H3,(H,23,27). The molecular formula is C22H26N4O2S2. The average molecular weight is 443 g/mol. The molecule has 6 nitrogen and oxygen atoms in total. The van der Waals surface area contributed by atoms with Crippen LogP contribution in [0.2, 0.25) is 0 Å². The molecule has 0 spiro atoms. The zero-order chi connectivity index (χ0) is 20.8. The van der Waals surface area contributed by atoms with Crippen LogP contribution in [0.1, 0.15) is 0 Å². The Balaban J connectivity index is 1.19. The van der Waals surface area contributed by atoms with Crippen LogP contribution in [0.3, 0.4) is 0 Å². The molecule has 0 aliphatic carbocycles. The van der Waals surface area contributed by atoms with Crippen LogP contribution in [0, 0.1) is 0 Å². The van der Waals surface area contributed by atoms with Crippen molar-refractivity contribution in [2.24, 2.45) is 0 Å². The summed E-state index contributed by atoms with van der Waals surface area (Å²) in [5.41, 5.74) is 0.943. The number of hydrogen-bond acceptors (Lipinski definition) is 7. The Bertz CT molecular complexity index is 972. The number of fused-ring (bicyclic) bond motifs is 1. The molecule has 8 heteroatoms. The minimum atomic E-state index is 0.0888. The number of rotatable bonds is 8. The lowest BCUT2D eigenvalue weighted by molar-refractivity contribution is -0.118. The van der Waals surface area contributed by atoms with Gasteiger partial charge in [-0.15, -0.1) is 11.8 Å². The molecule has 30 heavy (non-hydrogen) atoms. The number of para-hydroxylation sites is 1. The number of nitrogens with one attached hydrogen (secondary N) is 1. The van der Waals surface area contributed by atoms with E-state index in [0.717, 1.165) is 58.7 Å². The number of carbonyl (C=O) groups is 1. The maximum atomic E-state index is 12.1. The highest BCUT2D eigenvalue weighted by atomic mass is 32.2. The smallest absolute Gasteiger partial charge is 0.230 e. The highest BCUT2D eigenvalue weighted by molar-refractivity contribution is 8.00. The maximum Gasteiger partial charge on any atom is 0.230 e. The first-order valence-corrected chi connectivity index (χ1v) is 11.9. The van der Waals surface area contributed by atoms with Crippen LogP contribution in [-0.4, -0.2) is 67.9 Å². The van der Waals surface area contributed by atoms with E-state index >= 15 is 0 Å². The fraction of sp³-hybridized carbons (Fsp3) is 0.364. The van der Waals surface area contributed by atoms with Crippen molar-refractivity contribution in [2.75, 3.05) is 57.0 Å². The number of hydrogen-bond donors (Lipinski definition) is 1.